The van der Waals surface area contributed by atoms with Gasteiger partial charge in [-0.05, 0) is 54.3 Å². The molecule has 1 aliphatic heterocycles. The molecule has 1 N–H and O–H groups in total. The first-order chi connectivity index (χ1) is 18.6. The van der Waals surface area contributed by atoms with Crippen LogP contribution in [0.5, 0.6) is 11.5 Å². The number of para-hydroxylation sites is 1. The maximum absolute atomic E-state index is 13.3. The summed E-state index contributed by atoms with van der Waals surface area (Å²) in [6.45, 7) is 1.84. The van der Waals surface area contributed by atoms with Crippen molar-refractivity contribution >= 4 is 34.2 Å². The van der Waals surface area contributed by atoms with Crippen LogP contribution in [0.1, 0.15) is 21.6 Å². The van der Waals surface area contributed by atoms with Gasteiger partial charge in [0.05, 0.1) is 32.9 Å². The minimum atomic E-state index is -0.621. The summed E-state index contributed by atoms with van der Waals surface area (Å²) in [5.41, 5.74) is 3.77. The zero-order valence-electron chi connectivity index (χ0n) is 20.3. The molecule has 6 rings (SSSR count). The van der Waals surface area contributed by atoms with Crippen molar-refractivity contribution in [2.75, 3.05) is 13.4 Å². The number of ether oxygens (including phenoxy) is 3. The van der Waals surface area contributed by atoms with E-state index in [0.717, 1.165) is 16.1 Å². The summed E-state index contributed by atoms with van der Waals surface area (Å²) < 4.78 is 17.8. The number of fused-ring (bicyclic) bond motifs is 2. The first-order valence-corrected chi connectivity index (χ1v) is 12.8. The van der Waals surface area contributed by atoms with Crippen LogP contribution >= 0.6 is 11.3 Å². The molecule has 2 aromatic carbocycles. The lowest BCUT2D eigenvalue weighted by Gasteiger charge is -2.10. The van der Waals surface area contributed by atoms with Gasteiger partial charge in [0.2, 0.25) is 6.79 Å². The van der Waals surface area contributed by atoms with E-state index in [1.807, 2.05) is 66.9 Å². The first-order valence-electron chi connectivity index (χ1n) is 11.9. The summed E-state index contributed by atoms with van der Waals surface area (Å²) in [4.78, 5) is 31.5. The average molecular weight is 527 g/mol. The van der Waals surface area contributed by atoms with Crippen molar-refractivity contribution in [2.24, 2.45) is 0 Å². The molecular weight excluding hydrogens is 504 g/mol. The van der Waals surface area contributed by atoms with Crippen molar-refractivity contribution in [1.29, 1.82) is 0 Å². The maximum Gasteiger partial charge on any atom is 0.339 e. The van der Waals surface area contributed by atoms with Crippen LogP contribution in [0.15, 0.2) is 72.1 Å². The number of aromatic nitrogens is 3. The molecule has 0 saturated carbocycles. The lowest BCUT2D eigenvalue weighted by atomic mass is 10.1. The van der Waals surface area contributed by atoms with Gasteiger partial charge in [-0.2, -0.15) is 5.10 Å². The number of esters is 1. The third-order valence-electron chi connectivity index (χ3n) is 6.07. The minimum Gasteiger partial charge on any atom is -0.454 e. The van der Waals surface area contributed by atoms with E-state index in [-0.39, 0.29) is 13.3 Å². The number of benzene rings is 2. The SMILES string of the molecule is Cc1nn(-c2ccccc2)c2nc(-c3cccs3)cc(C(=O)OCC(=O)NCc3ccc4c(c3)OCO4)c12. The third-order valence-corrected chi connectivity index (χ3v) is 6.96. The molecule has 0 fully saturated rings. The number of pyridine rings is 1. The van der Waals surface area contributed by atoms with Gasteiger partial charge in [-0.1, -0.05) is 30.3 Å². The molecule has 0 atom stereocenters. The van der Waals surface area contributed by atoms with Crippen molar-refractivity contribution in [2.45, 2.75) is 13.5 Å². The molecule has 4 heterocycles. The minimum absolute atomic E-state index is 0.182. The van der Waals surface area contributed by atoms with Crippen LogP contribution in [0.2, 0.25) is 0 Å². The van der Waals surface area contributed by atoms with Crippen molar-refractivity contribution < 1.29 is 23.8 Å². The zero-order chi connectivity index (χ0) is 26.1. The molecular formula is C28H22N4O5S. The summed E-state index contributed by atoms with van der Waals surface area (Å²) in [5, 5.41) is 9.96. The molecule has 0 saturated heterocycles. The quantitative estimate of drug-likeness (QED) is 0.308. The summed E-state index contributed by atoms with van der Waals surface area (Å²) >= 11 is 1.52. The van der Waals surface area contributed by atoms with Gasteiger partial charge in [0.1, 0.15) is 0 Å². The monoisotopic (exact) mass is 526 g/mol. The number of thiophene rings is 1. The maximum atomic E-state index is 13.3. The van der Waals surface area contributed by atoms with Crippen molar-refractivity contribution in [1.82, 2.24) is 20.1 Å². The molecule has 5 aromatic rings. The van der Waals surface area contributed by atoms with Crippen LogP contribution in [-0.4, -0.2) is 40.0 Å². The van der Waals surface area contributed by atoms with E-state index in [2.05, 4.69) is 10.4 Å². The Hall–Kier alpha value is -4.70. The molecule has 3 aromatic heterocycles. The molecule has 1 amide bonds. The Morgan fingerprint density at radius 3 is 2.71 bits per heavy atom. The average Bonchev–Trinajstić information content (AvgIpc) is 3.71. The summed E-state index contributed by atoms with van der Waals surface area (Å²) in [6.07, 6.45) is 0. The number of carbonyl (C=O) groups excluding carboxylic acids is 2. The Labute approximate surface area is 221 Å². The van der Waals surface area contributed by atoms with E-state index in [1.165, 1.54) is 11.3 Å². The molecule has 9 nitrogen and oxygen atoms in total. The van der Waals surface area contributed by atoms with Gasteiger partial charge in [0.15, 0.2) is 23.8 Å². The molecule has 10 heteroatoms. The molecule has 38 heavy (non-hydrogen) atoms. The predicted molar refractivity (Wildman–Crippen MR) is 142 cm³/mol. The van der Waals surface area contributed by atoms with Crippen molar-refractivity contribution in [3.8, 4) is 27.8 Å². The topological polar surface area (TPSA) is 105 Å². The van der Waals surface area contributed by atoms with E-state index in [9.17, 15) is 9.59 Å². The largest absolute Gasteiger partial charge is 0.454 e. The highest BCUT2D eigenvalue weighted by Gasteiger charge is 2.23. The Bertz CT molecular complexity index is 1650. The Balaban J connectivity index is 1.24. The Morgan fingerprint density at radius 1 is 1.05 bits per heavy atom. The number of nitrogens with zero attached hydrogens (tertiary/aromatic N) is 3. The second-order valence-electron chi connectivity index (χ2n) is 8.60. The lowest BCUT2D eigenvalue weighted by molar-refractivity contribution is -0.124. The third kappa shape index (κ3) is 4.57. The number of nitrogens with one attached hydrogen (secondary N) is 1. The van der Waals surface area contributed by atoms with Gasteiger partial charge in [0, 0.05) is 6.54 Å². The van der Waals surface area contributed by atoms with Gasteiger partial charge < -0.3 is 19.5 Å². The number of aryl methyl sites for hydroxylation is 1. The molecule has 190 valence electrons. The normalized spacial score (nSPS) is 12.0. The summed E-state index contributed by atoms with van der Waals surface area (Å²) in [7, 11) is 0. The summed E-state index contributed by atoms with van der Waals surface area (Å²) in [5.74, 6) is 0.268. The number of amides is 1. The second-order valence-corrected chi connectivity index (χ2v) is 9.55. The van der Waals surface area contributed by atoms with Crippen LogP contribution in [0.25, 0.3) is 27.3 Å². The van der Waals surface area contributed by atoms with Gasteiger partial charge >= 0.3 is 5.97 Å². The van der Waals surface area contributed by atoms with Crippen molar-refractivity contribution in [3.63, 3.8) is 0 Å². The van der Waals surface area contributed by atoms with Gasteiger partial charge in [-0.15, -0.1) is 11.3 Å². The van der Waals surface area contributed by atoms with Crippen LogP contribution in [0, 0.1) is 6.92 Å². The number of rotatable bonds is 7. The van der Waals surface area contributed by atoms with E-state index in [0.29, 0.717) is 39.5 Å². The molecule has 0 spiro atoms. The van der Waals surface area contributed by atoms with Crippen LogP contribution in [0.3, 0.4) is 0 Å². The first kappa shape index (κ1) is 23.7. The standard InChI is InChI=1S/C28H22N4O5S/c1-17-26-20(28(34)35-15-25(33)29-14-18-9-10-22-23(12-18)37-16-36-22)13-21(24-8-5-11-38-24)30-27(26)32(31-17)19-6-3-2-4-7-19/h2-13H,14-16H2,1H3,(H,29,33). The molecule has 0 radical (unpaired) electrons. The number of hydrogen-bond acceptors (Lipinski definition) is 8. The van der Waals surface area contributed by atoms with E-state index < -0.39 is 18.5 Å². The molecule has 0 unspecified atom stereocenters. The van der Waals surface area contributed by atoms with Gasteiger partial charge in [0.25, 0.3) is 5.91 Å². The zero-order valence-corrected chi connectivity index (χ0v) is 21.2. The van der Waals surface area contributed by atoms with Crippen LogP contribution in [-0.2, 0) is 16.1 Å². The second kappa shape index (κ2) is 9.98. The lowest BCUT2D eigenvalue weighted by Crippen LogP contribution is -2.28. The fourth-order valence-electron chi connectivity index (χ4n) is 4.26. The Kier molecular flexibility index (Phi) is 6.22. The Morgan fingerprint density at radius 2 is 1.89 bits per heavy atom. The summed E-state index contributed by atoms with van der Waals surface area (Å²) in [6, 6.07) is 20.6. The molecule has 0 aliphatic carbocycles. The van der Waals surface area contributed by atoms with E-state index in [4.69, 9.17) is 19.2 Å². The highest BCUT2D eigenvalue weighted by Crippen LogP contribution is 2.33. The van der Waals surface area contributed by atoms with Crippen LogP contribution < -0.4 is 14.8 Å². The van der Waals surface area contributed by atoms with Crippen molar-refractivity contribution in [3.05, 3.63) is 88.9 Å². The fraction of sp³-hybridized carbons (Fsp3) is 0.143. The van der Waals surface area contributed by atoms with E-state index >= 15 is 0 Å². The molecule has 1 aliphatic rings. The predicted octanol–water partition coefficient (Wildman–Crippen LogP) is 4.66. The molecule has 0 bridgehead atoms. The number of hydrogen-bond donors (Lipinski definition) is 1. The van der Waals surface area contributed by atoms with Gasteiger partial charge in [-0.25, -0.2) is 14.5 Å². The highest BCUT2D eigenvalue weighted by molar-refractivity contribution is 7.13. The fourth-order valence-corrected chi connectivity index (χ4v) is 4.95. The van der Waals surface area contributed by atoms with Crippen LogP contribution in [0.4, 0.5) is 0 Å². The smallest absolute Gasteiger partial charge is 0.339 e. The number of carbonyl (C=O) groups is 2. The van der Waals surface area contributed by atoms with Gasteiger partial charge in [-0.3, -0.25) is 4.79 Å². The highest BCUT2D eigenvalue weighted by atomic mass is 32.1. The van der Waals surface area contributed by atoms with E-state index in [1.54, 1.807) is 16.8 Å².